The number of urea groups is 1. The van der Waals surface area contributed by atoms with Gasteiger partial charge in [-0.05, 0) is 32.1 Å². The zero-order chi connectivity index (χ0) is 11.5. The number of likely N-dealkylation sites (tertiary alicyclic amines) is 1. The Bertz CT molecular complexity index is 283. The number of nitrogens with two attached hydrogens (primary N) is 1. The van der Waals surface area contributed by atoms with E-state index in [-0.39, 0.29) is 6.03 Å². The molecule has 1 saturated carbocycles. The van der Waals surface area contributed by atoms with Crippen molar-refractivity contribution >= 4 is 23.2 Å². The van der Waals surface area contributed by atoms with Gasteiger partial charge in [-0.25, -0.2) is 4.79 Å². The Kier molecular flexibility index (Phi) is 3.63. The van der Waals surface area contributed by atoms with Gasteiger partial charge in [-0.1, -0.05) is 12.2 Å². The highest BCUT2D eigenvalue weighted by Gasteiger charge is 2.26. The van der Waals surface area contributed by atoms with Crippen molar-refractivity contribution in [1.29, 1.82) is 0 Å². The van der Waals surface area contributed by atoms with Crippen LogP contribution in [0, 0.1) is 5.92 Å². The fourth-order valence-electron chi connectivity index (χ4n) is 2.19. The summed E-state index contributed by atoms with van der Waals surface area (Å²) in [6, 6.07) is 0.506. The second-order valence-corrected chi connectivity index (χ2v) is 5.21. The molecule has 5 heteroatoms. The number of hydrogen-bond acceptors (Lipinski definition) is 2. The first-order valence-corrected chi connectivity index (χ1v) is 6.42. The third-order valence-electron chi connectivity index (χ3n) is 3.62. The maximum atomic E-state index is 11.8. The molecule has 0 bridgehead atoms. The van der Waals surface area contributed by atoms with Crippen molar-refractivity contribution in [3.8, 4) is 0 Å². The second-order valence-electron chi connectivity index (χ2n) is 4.74. The molecule has 2 rings (SSSR count). The van der Waals surface area contributed by atoms with Crippen molar-refractivity contribution < 1.29 is 4.79 Å². The number of thiocarbonyl (C=S) groups is 1. The largest absolute Gasteiger partial charge is 0.393 e. The molecule has 1 aliphatic carbocycles. The van der Waals surface area contributed by atoms with Crippen molar-refractivity contribution in [2.24, 2.45) is 11.7 Å². The van der Waals surface area contributed by atoms with E-state index in [1.165, 1.54) is 6.42 Å². The lowest BCUT2D eigenvalue weighted by Crippen LogP contribution is -2.50. The first kappa shape index (κ1) is 11.6. The van der Waals surface area contributed by atoms with Crippen LogP contribution < -0.4 is 11.1 Å². The molecule has 1 aliphatic heterocycles. The van der Waals surface area contributed by atoms with Gasteiger partial charge < -0.3 is 16.0 Å². The molecule has 0 radical (unpaired) electrons. The van der Waals surface area contributed by atoms with E-state index in [1.54, 1.807) is 0 Å². The highest BCUT2D eigenvalue weighted by atomic mass is 32.1. The van der Waals surface area contributed by atoms with E-state index < -0.39 is 0 Å². The van der Waals surface area contributed by atoms with Gasteiger partial charge in [0.1, 0.15) is 0 Å². The van der Waals surface area contributed by atoms with Crippen LogP contribution in [0.25, 0.3) is 0 Å². The van der Waals surface area contributed by atoms with E-state index in [2.05, 4.69) is 5.32 Å². The summed E-state index contributed by atoms with van der Waals surface area (Å²) in [5.74, 6) is 0.322. The van der Waals surface area contributed by atoms with E-state index in [0.29, 0.717) is 16.9 Å². The van der Waals surface area contributed by atoms with Gasteiger partial charge in [0.15, 0.2) is 0 Å². The molecule has 90 valence electrons. The molecular formula is C11H19N3OS. The van der Waals surface area contributed by atoms with Crippen LogP contribution in [0.3, 0.4) is 0 Å². The van der Waals surface area contributed by atoms with Crippen LogP contribution in [0.1, 0.15) is 32.1 Å². The maximum absolute atomic E-state index is 11.8. The lowest BCUT2D eigenvalue weighted by molar-refractivity contribution is 0.170. The van der Waals surface area contributed by atoms with E-state index >= 15 is 0 Å². The van der Waals surface area contributed by atoms with Crippen molar-refractivity contribution in [3.63, 3.8) is 0 Å². The molecule has 2 amide bonds. The predicted octanol–water partition coefficient (Wildman–Crippen LogP) is 1.25. The summed E-state index contributed by atoms with van der Waals surface area (Å²) < 4.78 is 0. The predicted molar refractivity (Wildman–Crippen MR) is 67.3 cm³/mol. The zero-order valence-corrected chi connectivity index (χ0v) is 10.3. The van der Waals surface area contributed by atoms with Crippen molar-refractivity contribution in [2.45, 2.75) is 38.1 Å². The summed E-state index contributed by atoms with van der Waals surface area (Å²) in [5.41, 5.74) is 5.61. The Hall–Kier alpha value is -0.840. The zero-order valence-electron chi connectivity index (χ0n) is 9.45. The van der Waals surface area contributed by atoms with Gasteiger partial charge in [-0.2, -0.15) is 0 Å². The number of carbonyl (C=O) groups excluding carboxylic acids is 1. The lowest BCUT2D eigenvalue weighted by Gasteiger charge is -2.34. The maximum Gasteiger partial charge on any atom is 0.317 e. The summed E-state index contributed by atoms with van der Waals surface area (Å²) in [6.07, 6.45) is 5.33. The molecule has 0 atom stereocenters. The molecule has 0 aromatic heterocycles. The summed E-state index contributed by atoms with van der Waals surface area (Å²) in [5, 5.41) is 3.05. The van der Waals surface area contributed by atoms with E-state index in [9.17, 15) is 4.79 Å². The van der Waals surface area contributed by atoms with Crippen LogP contribution in [0.2, 0.25) is 0 Å². The summed E-state index contributed by atoms with van der Waals surface area (Å²) >= 11 is 4.98. The Morgan fingerprint density at radius 1 is 1.25 bits per heavy atom. The molecule has 0 aromatic rings. The van der Waals surface area contributed by atoms with Crippen molar-refractivity contribution in [1.82, 2.24) is 10.2 Å². The molecule has 0 spiro atoms. The molecule has 3 N–H and O–H groups in total. The Morgan fingerprint density at radius 3 is 2.31 bits per heavy atom. The van der Waals surface area contributed by atoms with Gasteiger partial charge >= 0.3 is 6.03 Å². The number of nitrogens with one attached hydrogen (secondary N) is 1. The molecule has 0 unspecified atom stereocenters. The number of amides is 2. The average Bonchev–Trinajstić information content (AvgIpc) is 2.23. The summed E-state index contributed by atoms with van der Waals surface area (Å²) in [6.45, 7) is 1.56. The third-order valence-corrected chi connectivity index (χ3v) is 3.95. The van der Waals surface area contributed by atoms with Crippen LogP contribution >= 0.6 is 12.2 Å². The first-order chi connectivity index (χ1) is 7.66. The minimum absolute atomic E-state index is 0.0890. The van der Waals surface area contributed by atoms with Gasteiger partial charge in [-0.3, -0.25) is 0 Å². The fourth-order valence-corrected chi connectivity index (χ4v) is 2.42. The minimum Gasteiger partial charge on any atom is -0.393 e. The molecule has 2 fully saturated rings. The monoisotopic (exact) mass is 241 g/mol. The fraction of sp³-hybridized carbons (Fsp3) is 0.818. The van der Waals surface area contributed by atoms with Crippen LogP contribution in [0.15, 0.2) is 0 Å². The van der Waals surface area contributed by atoms with Gasteiger partial charge in [-0.15, -0.1) is 0 Å². The van der Waals surface area contributed by atoms with Crippen LogP contribution in [0.5, 0.6) is 0 Å². The van der Waals surface area contributed by atoms with Crippen molar-refractivity contribution in [3.05, 3.63) is 0 Å². The number of piperidine rings is 1. The van der Waals surface area contributed by atoms with E-state index in [4.69, 9.17) is 18.0 Å². The average molecular weight is 241 g/mol. The minimum atomic E-state index is 0.0890. The highest BCUT2D eigenvalue weighted by molar-refractivity contribution is 7.80. The summed E-state index contributed by atoms with van der Waals surface area (Å²) in [7, 11) is 0. The Morgan fingerprint density at radius 2 is 1.88 bits per heavy atom. The van der Waals surface area contributed by atoms with Gasteiger partial charge in [0.25, 0.3) is 0 Å². The smallest absolute Gasteiger partial charge is 0.317 e. The standard InChI is InChI=1S/C11H19N3OS/c12-10(16)8-4-6-14(7-5-8)11(15)13-9-2-1-3-9/h8-9H,1-7H2,(H2,12,16)(H,13,15). The van der Waals surface area contributed by atoms with Crippen LogP contribution in [-0.2, 0) is 0 Å². The molecular weight excluding hydrogens is 222 g/mol. The molecule has 16 heavy (non-hydrogen) atoms. The highest BCUT2D eigenvalue weighted by Crippen LogP contribution is 2.20. The lowest BCUT2D eigenvalue weighted by atomic mass is 9.93. The molecule has 1 heterocycles. The Labute approximate surface area is 102 Å². The third kappa shape index (κ3) is 2.64. The number of hydrogen-bond donors (Lipinski definition) is 2. The number of nitrogens with zero attached hydrogens (tertiary/aromatic N) is 1. The molecule has 1 saturated heterocycles. The van der Waals surface area contributed by atoms with E-state index in [1.807, 2.05) is 4.90 Å². The molecule has 2 aliphatic rings. The SMILES string of the molecule is NC(=S)C1CCN(C(=O)NC2CCC2)CC1. The van der Waals surface area contributed by atoms with Crippen LogP contribution in [0.4, 0.5) is 4.79 Å². The van der Waals surface area contributed by atoms with Gasteiger partial charge in [0, 0.05) is 25.0 Å². The second kappa shape index (κ2) is 4.99. The number of rotatable bonds is 2. The summed E-state index contributed by atoms with van der Waals surface area (Å²) in [4.78, 5) is 14.3. The molecule has 4 nitrogen and oxygen atoms in total. The first-order valence-electron chi connectivity index (χ1n) is 6.01. The van der Waals surface area contributed by atoms with Crippen molar-refractivity contribution in [2.75, 3.05) is 13.1 Å². The van der Waals surface area contributed by atoms with Gasteiger partial charge in [0.05, 0.1) is 4.99 Å². The normalized spacial score (nSPS) is 22.6. The molecule has 0 aromatic carbocycles. The number of carbonyl (C=O) groups is 1. The topological polar surface area (TPSA) is 58.4 Å². The van der Waals surface area contributed by atoms with Crippen LogP contribution in [-0.4, -0.2) is 35.1 Å². The Balaban J connectivity index is 1.74. The van der Waals surface area contributed by atoms with E-state index in [0.717, 1.165) is 38.8 Å². The quantitative estimate of drug-likeness (QED) is 0.715. The van der Waals surface area contributed by atoms with Gasteiger partial charge in [0.2, 0.25) is 0 Å².